The molecule has 78 valence electrons. The van der Waals surface area contributed by atoms with Crippen LogP contribution in [-0.4, -0.2) is 60.3 Å². The van der Waals surface area contributed by atoms with Gasteiger partial charge in [0.05, 0.1) is 6.10 Å². The van der Waals surface area contributed by atoms with E-state index < -0.39 is 0 Å². The molecular formula is C9H20N2OS. The summed E-state index contributed by atoms with van der Waals surface area (Å²) in [6.45, 7) is 6.81. The van der Waals surface area contributed by atoms with Gasteiger partial charge in [0.15, 0.2) is 0 Å². The van der Waals surface area contributed by atoms with Crippen LogP contribution >= 0.6 is 11.8 Å². The van der Waals surface area contributed by atoms with Gasteiger partial charge in [-0.1, -0.05) is 6.92 Å². The van der Waals surface area contributed by atoms with Gasteiger partial charge in [0, 0.05) is 37.7 Å². The maximum atomic E-state index is 9.62. The molecule has 1 unspecified atom stereocenters. The Hall–Kier alpha value is 0.230. The molecule has 2 N–H and O–H groups in total. The molecule has 0 aromatic rings. The van der Waals surface area contributed by atoms with Gasteiger partial charge in [0.2, 0.25) is 0 Å². The zero-order valence-electron chi connectivity index (χ0n) is 8.33. The van der Waals surface area contributed by atoms with Crippen LogP contribution in [0, 0.1) is 0 Å². The lowest BCUT2D eigenvalue weighted by Crippen LogP contribution is -2.41. The van der Waals surface area contributed by atoms with E-state index in [0.29, 0.717) is 0 Å². The summed E-state index contributed by atoms with van der Waals surface area (Å²) in [7, 11) is 0. The molecule has 0 amide bonds. The summed E-state index contributed by atoms with van der Waals surface area (Å²) < 4.78 is 0. The van der Waals surface area contributed by atoms with Crippen molar-refractivity contribution in [3.8, 4) is 0 Å². The normalized spacial score (nSPS) is 21.7. The van der Waals surface area contributed by atoms with Gasteiger partial charge in [-0.25, -0.2) is 0 Å². The molecule has 0 aromatic carbocycles. The van der Waals surface area contributed by atoms with Crippen molar-refractivity contribution in [1.29, 1.82) is 0 Å². The van der Waals surface area contributed by atoms with Crippen molar-refractivity contribution >= 4 is 11.8 Å². The Balaban J connectivity index is 2.07. The van der Waals surface area contributed by atoms with Crippen LogP contribution in [-0.2, 0) is 0 Å². The fourth-order valence-electron chi connectivity index (χ4n) is 1.46. The fraction of sp³-hybridized carbons (Fsp3) is 1.00. The van der Waals surface area contributed by atoms with E-state index in [1.54, 1.807) is 0 Å². The molecule has 0 saturated carbocycles. The summed E-state index contributed by atoms with van der Waals surface area (Å²) in [6.07, 6.45) is -0.206. The first-order chi connectivity index (χ1) is 6.33. The summed E-state index contributed by atoms with van der Waals surface area (Å²) >= 11 is 2.00. The number of rotatable bonds is 5. The van der Waals surface area contributed by atoms with E-state index in [9.17, 15) is 5.11 Å². The lowest BCUT2D eigenvalue weighted by molar-refractivity contribution is 0.117. The lowest BCUT2D eigenvalue weighted by atomic mass is 10.3. The van der Waals surface area contributed by atoms with Gasteiger partial charge < -0.3 is 10.4 Å². The minimum atomic E-state index is -0.206. The number of aliphatic hydroxyl groups is 1. The molecule has 1 atom stereocenters. The molecular weight excluding hydrogens is 184 g/mol. The Morgan fingerprint density at radius 3 is 2.77 bits per heavy atom. The first-order valence-electron chi connectivity index (χ1n) is 5.01. The van der Waals surface area contributed by atoms with Gasteiger partial charge in [-0.2, -0.15) is 11.8 Å². The van der Waals surface area contributed by atoms with Crippen molar-refractivity contribution in [2.24, 2.45) is 0 Å². The third-order valence-corrected chi connectivity index (χ3v) is 3.15. The van der Waals surface area contributed by atoms with Crippen molar-refractivity contribution < 1.29 is 5.11 Å². The minimum Gasteiger partial charge on any atom is -0.390 e. The highest BCUT2D eigenvalue weighted by molar-refractivity contribution is 7.99. The predicted octanol–water partition coefficient (Wildman–Crippen LogP) is 0.00560. The molecule has 0 aliphatic carbocycles. The topological polar surface area (TPSA) is 35.5 Å². The van der Waals surface area contributed by atoms with Crippen molar-refractivity contribution in [3.05, 3.63) is 0 Å². The standard InChI is InChI=1S/C9H20N2OS/c1-2-10-7-9(12)8-11-3-5-13-6-4-11/h9-10,12H,2-8H2,1H3. The van der Waals surface area contributed by atoms with E-state index in [1.165, 1.54) is 11.5 Å². The second kappa shape index (κ2) is 6.65. The SMILES string of the molecule is CCNCC(O)CN1CCSCC1. The van der Waals surface area contributed by atoms with Gasteiger partial charge >= 0.3 is 0 Å². The molecule has 4 heteroatoms. The van der Waals surface area contributed by atoms with Crippen molar-refractivity contribution in [2.45, 2.75) is 13.0 Å². The number of aliphatic hydroxyl groups excluding tert-OH is 1. The van der Waals surface area contributed by atoms with Gasteiger partial charge in [-0.15, -0.1) is 0 Å². The van der Waals surface area contributed by atoms with Crippen LogP contribution in [0.5, 0.6) is 0 Å². The summed E-state index contributed by atoms with van der Waals surface area (Å²) in [5, 5.41) is 12.8. The zero-order valence-corrected chi connectivity index (χ0v) is 9.15. The van der Waals surface area contributed by atoms with Crippen LogP contribution in [0.2, 0.25) is 0 Å². The van der Waals surface area contributed by atoms with Crippen molar-refractivity contribution in [2.75, 3.05) is 44.2 Å². The van der Waals surface area contributed by atoms with E-state index >= 15 is 0 Å². The molecule has 0 spiro atoms. The van der Waals surface area contributed by atoms with E-state index in [0.717, 1.165) is 32.7 Å². The van der Waals surface area contributed by atoms with Crippen LogP contribution < -0.4 is 5.32 Å². The van der Waals surface area contributed by atoms with E-state index in [4.69, 9.17) is 0 Å². The van der Waals surface area contributed by atoms with Crippen LogP contribution in [0.15, 0.2) is 0 Å². The zero-order chi connectivity index (χ0) is 9.52. The quantitative estimate of drug-likeness (QED) is 0.661. The number of hydrogen-bond acceptors (Lipinski definition) is 4. The van der Waals surface area contributed by atoms with E-state index in [-0.39, 0.29) is 6.10 Å². The molecule has 13 heavy (non-hydrogen) atoms. The van der Waals surface area contributed by atoms with Gasteiger partial charge in [0.25, 0.3) is 0 Å². The Bertz CT molecular complexity index is 129. The van der Waals surface area contributed by atoms with Gasteiger partial charge in [0.1, 0.15) is 0 Å². The molecule has 1 heterocycles. The van der Waals surface area contributed by atoms with E-state index in [2.05, 4.69) is 17.1 Å². The molecule has 0 aromatic heterocycles. The number of thioether (sulfide) groups is 1. The first-order valence-corrected chi connectivity index (χ1v) is 6.17. The smallest absolute Gasteiger partial charge is 0.0791 e. The summed E-state index contributed by atoms with van der Waals surface area (Å²) in [5.41, 5.74) is 0. The number of β-amino-alcohol motifs (C(OH)–C–C–N with tert-alkyl or cyclic N) is 1. The van der Waals surface area contributed by atoms with Crippen LogP contribution in [0.4, 0.5) is 0 Å². The monoisotopic (exact) mass is 204 g/mol. The van der Waals surface area contributed by atoms with E-state index in [1.807, 2.05) is 11.8 Å². The Kier molecular flexibility index (Phi) is 5.78. The number of nitrogens with zero attached hydrogens (tertiary/aromatic N) is 1. The van der Waals surface area contributed by atoms with Crippen LogP contribution in [0.1, 0.15) is 6.92 Å². The van der Waals surface area contributed by atoms with Crippen molar-refractivity contribution in [1.82, 2.24) is 10.2 Å². The Labute approximate surface area is 84.9 Å². The largest absolute Gasteiger partial charge is 0.390 e. The molecule has 1 rings (SSSR count). The molecule has 3 nitrogen and oxygen atoms in total. The van der Waals surface area contributed by atoms with Crippen LogP contribution in [0.25, 0.3) is 0 Å². The van der Waals surface area contributed by atoms with Gasteiger partial charge in [-0.3, -0.25) is 4.90 Å². The van der Waals surface area contributed by atoms with Crippen LogP contribution in [0.3, 0.4) is 0 Å². The Morgan fingerprint density at radius 1 is 1.46 bits per heavy atom. The molecule has 1 aliphatic rings. The molecule has 0 bridgehead atoms. The highest BCUT2D eigenvalue weighted by Crippen LogP contribution is 2.08. The third-order valence-electron chi connectivity index (χ3n) is 2.20. The first kappa shape index (κ1) is 11.3. The molecule has 1 saturated heterocycles. The lowest BCUT2D eigenvalue weighted by Gasteiger charge is -2.28. The fourth-order valence-corrected chi connectivity index (χ4v) is 2.44. The summed E-state index contributed by atoms with van der Waals surface area (Å²) in [4.78, 5) is 2.35. The third kappa shape index (κ3) is 4.86. The Morgan fingerprint density at radius 2 is 2.15 bits per heavy atom. The highest BCUT2D eigenvalue weighted by Gasteiger charge is 2.13. The average molecular weight is 204 g/mol. The second-order valence-electron chi connectivity index (χ2n) is 3.37. The molecule has 0 radical (unpaired) electrons. The number of likely N-dealkylation sites (N-methyl/N-ethyl adjacent to an activating group) is 1. The number of hydrogen-bond donors (Lipinski definition) is 2. The maximum absolute atomic E-state index is 9.62. The molecule has 1 fully saturated rings. The minimum absolute atomic E-state index is 0.206. The van der Waals surface area contributed by atoms with Gasteiger partial charge in [-0.05, 0) is 6.54 Å². The maximum Gasteiger partial charge on any atom is 0.0791 e. The highest BCUT2D eigenvalue weighted by atomic mass is 32.2. The predicted molar refractivity (Wildman–Crippen MR) is 58.3 cm³/mol. The average Bonchev–Trinajstić information content (AvgIpc) is 2.16. The summed E-state index contributed by atoms with van der Waals surface area (Å²) in [5.74, 6) is 2.43. The second-order valence-corrected chi connectivity index (χ2v) is 4.60. The number of nitrogens with one attached hydrogen (secondary N) is 1. The van der Waals surface area contributed by atoms with Crippen molar-refractivity contribution in [3.63, 3.8) is 0 Å². The summed E-state index contributed by atoms with van der Waals surface area (Å²) in [6, 6.07) is 0. The molecule has 1 aliphatic heterocycles.